The van der Waals surface area contributed by atoms with Crippen LogP contribution in [0.25, 0.3) is 0 Å². The van der Waals surface area contributed by atoms with Crippen LogP contribution in [-0.2, 0) is 6.54 Å². The molecule has 156 valence electrons. The van der Waals surface area contributed by atoms with E-state index in [1.54, 1.807) is 21.3 Å². The molecule has 0 bridgehead atoms. The summed E-state index contributed by atoms with van der Waals surface area (Å²) >= 11 is 5.83. The largest absolute Gasteiger partial charge is 0.497 e. The summed E-state index contributed by atoms with van der Waals surface area (Å²) in [6.45, 7) is 1.67. The molecule has 1 aliphatic heterocycles. The number of thiocarbonyl (C=S) groups is 1. The van der Waals surface area contributed by atoms with Gasteiger partial charge in [-0.25, -0.2) is 0 Å². The summed E-state index contributed by atoms with van der Waals surface area (Å²) in [5.74, 6) is 2.22. The molecule has 3 aromatic rings. The van der Waals surface area contributed by atoms with Gasteiger partial charge in [0, 0.05) is 30.7 Å². The highest BCUT2D eigenvalue weighted by molar-refractivity contribution is 7.80. The molecule has 0 aliphatic carbocycles. The van der Waals surface area contributed by atoms with Crippen molar-refractivity contribution in [2.45, 2.75) is 12.6 Å². The third kappa shape index (κ3) is 3.80. The monoisotopic (exact) mass is 423 g/mol. The van der Waals surface area contributed by atoms with Crippen molar-refractivity contribution in [2.75, 3.05) is 33.2 Å². The molecule has 0 unspecified atom stereocenters. The Hall–Kier alpha value is -3.19. The zero-order chi connectivity index (χ0) is 21.1. The molecule has 1 atom stereocenters. The highest BCUT2D eigenvalue weighted by atomic mass is 32.1. The first-order valence-corrected chi connectivity index (χ1v) is 10.1. The second-order valence-corrected chi connectivity index (χ2v) is 7.38. The average molecular weight is 424 g/mol. The summed E-state index contributed by atoms with van der Waals surface area (Å²) in [6.07, 6.45) is 2.11. The maximum atomic E-state index is 5.83. The fraction of sp³-hybridized carbons (Fsp3) is 0.261. The third-order valence-electron chi connectivity index (χ3n) is 5.36. The number of nitrogens with one attached hydrogen (secondary N) is 1. The van der Waals surface area contributed by atoms with Crippen LogP contribution in [-0.4, -0.2) is 42.5 Å². The maximum Gasteiger partial charge on any atom is 0.174 e. The third-order valence-corrected chi connectivity index (χ3v) is 5.70. The zero-order valence-electron chi connectivity index (χ0n) is 17.3. The summed E-state index contributed by atoms with van der Waals surface area (Å²) in [6, 6.07) is 18.0. The van der Waals surface area contributed by atoms with Gasteiger partial charge in [0.2, 0.25) is 0 Å². The molecular formula is C23H25N3O3S. The Morgan fingerprint density at radius 2 is 1.70 bits per heavy atom. The normalized spacial score (nSPS) is 15.3. The number of benzene rings is 2. The van der Waals surface area contributed by atoms with Crippen LogP contribution < -0.4 is 19.5 Å². The van der Waals surface area contributed by atoms with Crippen LogP contribution in [0.15, 0.2) is 60.8 Å². The van der Waals surface area contributed by atoms with E-state index in [-0.39, 0.29) is 6.04 Å². The van der Waals surface area contributed by atoms with Gasteiger partial charge in [-0.1, -0.05) is 6.07 Å². The molecule has 4 rings (SSSR count). The SMILES string of the molecule is COc1ccc(NC(=S)N2CCn3cccc3[C@H]2c2ccc(OC)c(OC)c2)cc1. The summed E-state index contributed by atoms with van der Waals surface area (Å²) in [4.78, 5) is 2.22. The second-order valence-electron chi connectivity index (χ2n) is 7.00. The van der Waals surface area contributed by atoms with Crippen LogP contribution in [0.1, 0.15) is 17.3 Å². The van der Waals surface area contributed by atoms with Gasteiger partial charge in [-0.3, -0.25) is 0 Å². The lowest BCUT2D eigenvalue weighted by Gasteiger charge is -2.39. The molecule has 0 saturated carbocycles. The van der Waals surface area contributed by atoms with Gasteiger partial charge >= 0.3 is 0 Å². The van der Waals surface area contributed by atoms with Crippen LogP contribution in [0.3, 0.4) is 0 Å². The van der Waals surface area contributed by atoms with Crippen molar-refractivity contribution in [1.82, 2.24) is 9.47 Å². The van der Waals surface area contributed by atoms with Gasteiger partial charge < -0.3 is 29.0 Å². The fourth-order valence-electron chi connectivity index (χ4n) is 3.85. The number of aromatic nitrogens is 1. The second kappa shape index (κ2) is 8.67. The van der Waals surface area contributed by atoms with Crippen LogP contribution in [0.2, 0.25) is 0 Å². The highest BCUT2D eigenvalue weighted by Crippen LogP contribution is 2.37. The lowest BCUT2D eigenvalue weighted by molar-refractivity contribution is 0.291. The van der Waals surface area contributed by atoms with E-state index >= 15 is 0 Å². The fourth-order valence-corrected chi connectivity index (χ4v) is 4.16. The van der Waals surface area contributed by atoms with Crippen LogP contribution in [0, 0.1) is 0 Å². The Bertz CT molecular complexity index is 1030. The predicted molar refractivity (Wildman–Crippen MR) is 122 cm³/mol. The molecule has 0 spiro atoms. The number of methoxy groups -OCH3 is 3. The van der Waals surface area contributed by atoms with Gasteiger partial charge in [-0.15, -0.1) is 0 Å². The van der Waals surface area contributed by atoms with Gasteiger partial charge in [0.15, 0.2) is 16.6 Å². The van der Waals surface area contributed by atoms with Crippen molar-refractivity contribution in [2.24, 2.45) is 0 Å². The Morgan fingerprint density at radius 1 is 0.933 bits per heavy atom. The van der Waals surface area contributed by atoms with Gasteiger partial charge in [0.05, 0.1) is 27.4 Å². The van der Waals surface area contributed by atoms with Crippen LogP contribution >= 0.6 is 12.2 Å². The topological polar surface area (TPSA) is 47.9 Å². The Labute approximate surface area is 182 Å². The van der Waals surface area contributed by atoms with E-state index in [9.17, 15) is 0 Å². The van der Waals surface area contributed by atoms with E-state index in [1.165, 1.54) is 5.69 Å². The zero-order valence-corrected chi connectivity index (χ0v) is 18.1. The van der Waals surface area contributed by atoms with E-state index in [1.807, 2.05) is 36.4 Å². The van der Waals surface area contributed by atoms with E-state index in [2.05, 4.69) is 39.2 Å². The number of rotatable bonds is 5. The summed E-state index contributed by atoms with van der Waals surface area (Å²) < 4.78 is 18.5. The smallest absolute Gasteiger partial charge is 0.174 e. The molecule has 1 aromatic heterocycles. The first-order valence-electron chi connectivity index (χ1n) is 9.73. The van der Waals surface area contributed by atoms with Gasteiger partial charge in [0.1, 0.15) is 5.75 Å². The minimum atomic E-state index is -0.0354. The minimum absolute atomic E-state index is 0.0354. The minimum Gasteiger partial charge on any atom is -0.497 e. The summed E-state index contributed by atoms with van der Waals surface area (Å²) in [7, 11) is 4.95. The predicted octanol–water partition coefficient (Wildman–Crippen LogP) is 4.32. The molecule has 30 heavy (non-hydrogen) atoms. The Morgan fingerprint density at radius 3 is 2.40 bits per heavy atom. The first-order chi connectivity index (χ1) is 14.6. The molecule has 1 aliphatic rings. The van der Waals surface area contributed by atoms with E-state index < -0.39 is 0 Å². The van der Waals surface area contributed by atoms with Crippen molar-refractivity contribution >= 4 is 23.0 Å². The van der Waals surface area contributed by atoms with E-state index in [0.717, 1.165) is 30.1 Å². The highest BCUT2D eigenvalue weighted by Gasteiger charge is 2.31. The molecule has 0 radical (unpaired) electrons. The number of nitrogens with zero attached hydrogens (tertiary/aromatic N) is 2. The Balaban J connectivity index is 1.67. The number of hydrogen-bond donors (Lipinski definition) is 1. The van der Waals surface area contributed by atoms with Crippen molar-refractivity contribution in [3.05, 3.63) is 72.1 Å². The Kier molecular flexibility index (Phi) is 5.81. The average Bonchev–Trinajstić information content (AvgIpc) is 3.27. The van der Waals surface area contributed by atoms with Crippen LogP contribution in [0.4, 0.5) is 5.69 Å². The van der Waals surface area contributed by atoms with E-state index in [0.29, 0.717) is 16.6 Å². The molecule has 0 amide bonds. The molecule has 0 fully saturated rings. The summed E-state index contributed by atoms with van der Waals surface area (Å²) in [5.41, 5.74) is 3.20. The summed E-state index contributed by atoms with van der Waals surface area (Å²) in [5, 5.41) is 4.05. The molecular weight excluding hydrogens is 398 g/mol. The van der Waals surface area contributed by atoms with Crippen molar-refractivity contribution in [1.29, 1.82) is 0 Å². The number of fused-ring (bicyclic) bond motifs is 1. The number of ether oxygens (including phenoxy) is 3. The van der Waals surface area contributed by atoms with Crippen molar-refractivity contribution in [3.63, 3.8) is 0 Å². The van der Waals surface area contributed by atoms with Gasteiger partial charge in [0.25, 0.3) is 0 Å². The molecule has 0 saturated heterocycles. The molecule has 7 heteroatoms. The van der Waals surface area contributed by atoms with E-state index in [4.69, 9.17) is 26.4 Å². The maximum absolute atomic E-state index is 5.83. The lowest BCUT2D eigenvalue weighted by Crippen LogP contribution is -2.44. The molecule has 2 aromatic carbocycles. The van der Waals surface area contributed by atoms with Gasteiger partial charge in [-0.05, 0) is 66.3 Å². The van der Waals surface area contributed by atoms with Gasteiger partial charge in [-0.2, -0.15) is 0 Å². The van der Waals surface area contributed by atoms with Crippen molar-refractivity contribution in [3.8, 4) is 17.2 Å². The lowest BCUT2D eigenvalue weighted by atomic mass is 9.99. The standard InChI is InChI=1S/C23H25N3O3S/c1-27-18-9-7-17(8-10-18)24-23(30)26-14-13-25-12-4-5-19(25)22(26)16-6-11-20(28-2)21(15-16)29-3/h4-12,15,22H,13-14H2,1-3H3,(H,24,30)/t22-/m1/s1. The molecule has 1 N–H and O–H groups in total. The number of anilines is 1. The van der Waals surface area contributed by atoms with Crippen molar-refractivity contribution < 1.29 is 14.2 Å². The molecule has 2 heterocycles. The number of hydrogen-bond acceptors (Lipinski definition) is 4. The quantitative estimate of drug-likeness (QED) is 0.617. The van der Waals surface area contributed by atoms with Crippen LogP contribution in [0.5, 0.6) is 17.2 Å². The molecule has 6 nitrogen and oxygen atoms in total. The first kappa shape index (κ1) is 20.1.